The number of hydrogen-bond donors (Lipinski definition) is 1. The second-order valence-electron chi connectivity index (χ2n) is 6.91. The lowest BCUT2D eigenvalue weighted by atomic mass is 9.93. The van der Waals surface area contributed by atoms with Gasteiger partial charge >= 0.3 is 0 Å². The molecule has 0 radical (unpaired) electrons. The van der Waals surface area contributed by atoms with Gasteiger partial charge in [0.25, 0.3) is 11.8 Å². The molecule has 0 bridgehead atoms. The van der Waals surface area contributed by atoms with Crippen molar-refractivity contribution in [3.8, 4) is 11.8 Å². The summed E-state index contributed by atoms with van der Waals surface area (Å²) >= 11 is 0. The average molecular weight is 420 g/mol. The van der Waals surface area contributed by atoms with Crippen LogP contribution in [0.1, 0.15) is 32.1 Å². The van der Waals surface area contributed by atoms with E-state index in [1.165, 1.54) is 13.3 Å². The van der Waals surface area contributed by atoms with Crippen molar-refractivity contribution < 1.29 is 22.7 Å². The maximum atomic E-state index is 12.3. The Hall–Kier alpha value is -2.68. The Morgan fingerprint density at radius 2 is 1.72 bits per heavy atom. The van der Waals surface area contributed by atoms with Gasteiger partial charge in [-0.2, -0.15) is 0 Å². The molecule has 156 valence electrons. The summed E-state index contributed by atoms with van der Waals surface area (Å²) in [6.45, 7) is 0. The van der Waals surface area contributed by atoms with Gasteiger partial charge in [0.1, 0.15) is 6.10 Å². The lowest BCUT2D eigenvalue weighted by molar-refractivity contribution is -0.121. The van der Waals surface area contributed by atoms with Crippen LogP contribution in [0.25, 0.3) is 0 Å². The molecule has 1 saturated carbocycles. The minimum absolute atomic E-state index is 0.0190. The number of amides is 1. The molecular formula is C20H25N3O5S. The minimum atomic E-state index is -3.45. The molecule has 1 aromatic heterocycles. The van der Waals surface area contributed by atoms with Gasteiger partial charge in [-0.05, 0) is 37.8 Å². The van der Waals surface area contributed by atoms with E-state index in [9.17, 15) is 13.2 Å². The molecule has 0 atom stereocenters. The van der Waals surface area contributed by atoms with E-state index in [1.54, 1.807) is 36.5 Å². The van der Waals surface area contributed by atoms with E-state index in [2.05, 4.69) is 15.3 Å². The van der Waals surface area contributed by atoms with Crippen molar-refractivity contribution in [1.82, 2.24) is 15.3 Å². The second kappa shape index (κ2) is 9.69. The number of carbonyl (C=O) groups is 1. The molecule has 1 aliphatic carbocycles. The number of methoxy groups -OCH3 is 1. The standard InChI is InChI=1S/C20H25N3O5S/c1-27-19-20(22-13-12-21-19)28-16-9-7-15(8-10-16)23-18(24)11-14-29(25,26)17-5-3-2-4-6-17/h2-6,12-13,15-16H,7-11,14H2,1H3,(H,23,24). The summed E-state index contributed by atoms with van der Waals surface area (Å²) in [5.74, 6) is 0.272. The van der Waals surface area contributed by atoms with Crippen LogP contribution in [-0.2, 0) is 14.6 Å². The van der Waals surface area contributed by atoms with Crippen LogP contribution in [0.2, 0.25) is 0 Å². The smallest absolute Gasteiger partial charge is 0.278 e. The molecule has 8 nitrogen and oxygen atoms in total. The lowest BCUT2D eigenvalue weighted by Gasteiger charge is -2.29. The van der Waals surface area contributed by atoms with Crippen LogP contribution in [-0.4, -0.2) is 49.3 Å². The van der Waals surface area contributed by atoms with Gasteiger partial charge < -0.3 is 14.8 Å². The maximum Gasteiger partial charge on any atom is 0.278 e. The monoisotopic (exact) mass is 419 g/mol. The van der Waals surface area contributed by atoms with Crippen molar-refractivity contribution in [3.63, 3.8) is 0 Å². The van der Waals surface area contributed by atoms with Crippen LogP contribution in [0, 0.1) is 0 Å². The molecule has 1 heterocycles. The van der Waals surface area contributed by atoms with Crippen LogP contribution in [0.3, 0.4) is 0 Å². The molecule has 0 aliphatic heterocycles. The van der Waals surface area contributed by atoms with Crippen LogP contribution < -0.4 is 14.8 Å². The summed E-state index contributed by atoms with van der Waals surface area (Å²) in [5, 5.41) is 2.94. The van der Waals surface area contributed by atoms with Crippen molar-refractivity contribution in [2.24, 2.45) is 0 Å². The van der Waals surface area contributed by atoms with E-state index in [0.717, 1.165) is 25.7 Å². The number of carbonyl (C=O) groups excluding carboxylic acids is 1. The predicted octanol–water partition coefficient (Wildman–Crippen LogP) is 2.16. The van der Waals surface area contributed by atoms with Gasteiger partial charge in [-0.3, -0.25) is 4.79 Å². The van der Waals surface area contributed by atoms with Gasteiger partial charge in [0.15, 0.2) is 9.84 Å². The van der Waals surface area contributed by atoms with Gasteiger partial charge in [-0.15, -0.1) is 0 Å². The summed E-state index contributed by atoms with van der Waals surface area (Å²) in [5.41, 5.74) is 0. The first-order valence-electron chi connectivity index (χ1n) is 9.57. The van der Waals surface area contributed by atoms with E-state index in [1.807, 2.05) is 0 Å². The van der Waals surface area contributed by atoms with Gasteiger partial charge in [0, 0.05) is 24.9 Å². The molecule has 1 amide bonds. The van der Waals surface area contributed by atoms with Gasteiger partial charge in [-0.25, -0.2) is 18.4 Å². The third kappa shape index (κ3) is 5.90. The molecule has 1 fully saturated rings. The highest BCUT2D eigenvalue weighted by Crippen LogP contribution is 2.27. The van der Waals surface area contributed by atoms with E-state index < -0.39 is 9.84 Å². The van der Waals surface area contributed by atoms with E-state index in [4.69, 9.17) is 9.47 Å². The molecule has 29 heavy (non-hydrogen) atoms. The number of ether oxygens (including phenoxy) is 2. The molecule has 0 unspecified atom stereocenters. The van der Waals surface area contributed by atoms with E-state index in [0.29, 0.717) is 11.8 Å². The molecule has 0 spiro atoms. The second-order valence-corrected chi connectivity index (χ2v) is 9.02. The van der Waals surface area contributed by atoms with E-state index in [-0.39, 0.29) is 35.1 Å². The normalized spacial score (nSPS) is 19.3. The third-order valence-electron chi connectivity index (χ3n) is 4.84. The van der Waals surface area contributed by atoms with Crippen LogP contribution in [0.4, 0.5) is 0 Å². The number of nitrogens with one attached hydrogen (secondary N) is 1. The first kappa shape index (κ1) is 21.0. The molecule has 3 rings (SSSR count). The summed E-state index contributed by atoms with van der Waals surface area (Å²) in [6, 6.07) is 8.20. The zero-order valence-electron chi connectivity index (χ0n) is 16.3. The Morgan fingerprint density at radius 3 is 2.38 bits per heavy atom. The fourth-order valence-electron chi connectivity index (χ4n) is 3.29. The van der Waals surface area contributed by atoms with Gasteiger partial charge in [-0.1, -0.05) is 18.2 Å². The Balaban J connectivity index is 1.43. The maximum absolute atomic E-state index is 12.3. The van der Waals surface area contributed by atoms with Gasteiger partial charge in [0.2, 0.25) is 5.91 Å². The highest BCUT2D eigenvalue weighted by Gasteiger charge is 2.25. The highest BCUT2D eigenvalue weighted by atomic mass is 32.2. The Morgan fingerprint density at radius 1 is 1.07 bits per heavy atom. The number of hydrogen-bond acceptors (Lipinski definition) is 7. The molecule has 1 aromatic carbocycles. The Kier molecular flexibility index (Phi) is 7.03. The number of benzene rings is 1. The summed E-state index contributed by atoms with van der Waals surface area (Å²) in [7, 11) is -1.94. The summed E-state index contributed by atoms with van der Waals surface area (Å²) in [6.07, 6.45) is 6.04. The first-order chi connectivity index (χ1) is 14.0. The number of aromatic nitrogens is 2. The quantitative estimate of drug-likeness (QED) is 0.698. The predicted molar refractivity (Wildman–Crippen MR) is 107 cm³/mol. The van der Waals surface area contributed by atoms with Gasteiger partial charge in [0.05, 0.1) is 17.8 Å². The molecule has 1 aliphatic rings. The van der Waals surface area contributed by atoms with Crippen LogP contribution >= 0.6 is 0 Å². The molecule has 9 heteroatoms. The molecular weight excluding hydrogens is 394 g/mol. The minimum Gasteiger partial charge on any atom is -0.477 e. The van der Waals surface area contributed by atoms with Crippen molar-refractivity contribution >= 4 is 15.7 Å². The third-order valence-corrected chi connectivity index (χ3v) is 6.58. The fourth-order valence-corrected chi connectivity index (χ4v) is 4.55. The van der Waals surface area contributed by atoms with Crippen molar-refractivity contribution in [2.75, 3.05) is 12.9 Å². The van der Waals surface area contributed by atoms with Crippen molar-refractivity contribution in [3.05, 3.63) is 42.7 Å². The molecule has 0 saturated heterocycles. The topological polar surface area (TPSA) is 107 Å². The number of sulfone groups is 1. The molecule has 1 N–H and O–H groups in total. The first-order valence-corrected chi connectivity index (χ1v) is 11.2. The largest absolute Gasteiger partial charge is 0.477 e. The van der Waals surface area contributed by atoms with Crippen LogP contribution in [0.15, 0.2) is 47.6 Å². The van der Waals surface area contributed by atoms with Crippen molar-refractivity contribution in [2.45, 2.75) is 49.1 Å². The average Bonchev–Trinajstić information content (AvgIpc) is 2.75. The SMILES string of the molecule is COc1nccnc1OC1CCC(NC(=O)CCS(=O)(=O)c2ccccc2)CC1. The van der Waals surface area contributed by atoms with Crippen molar-refractivity contribution in [1.29, 1.82) is 0 Å². The Bertz CT molecular complexity index is 913. The summed E-state index contributed by atoms with van der Waals surface area (Å²) in [4.78, 5) is 20.7. The lowest BCUT2D eigenvalue weighted by Crippen LogP contribution is -2.40. The molecule has 2 aromatic rings. The van der Waals surface area contributed by atoms with E-state index >= 15 is 0 Å². The Labute approximate surface area is 170 Å². The van der Waals surface area contributed by atoms with Crippen LogP contribution in [0.5, 0.6) is 11.8 Å². The highest BCUT2D eigenvalue weighted by molar-refractivity contribution is 7.91. The number of rotatable bonds is 8. The zero-order valence-corrected chi connectivity index (χ0v) is 17.1. The number of nitrogens with zero attached hydrogens (tertiary/aromatic N) is 2. The summed E-state index contributed by atoms with van der Waals surface area (Å²) < 4.78 is 35.6. The fraction of sp³-hybridized carbons (Fsp3) is 0.450. The zero-order chi connectivity index (χ0) is 20.7.